The van der Waals surface area contributed by atoms with Crippen molar-refractivity contribution in [2.45, 2.75) is 32.0 Å². The van der Waals surface area contributed by atoms with Crippen LogP contribution in [-0.4, -0.2) is 68.7 Å². The summed E-state index contributed by atoms with van der Waals surface area (Å²) in [6.45, 7) is 1.10. The molecular formula is C38H40N6O6. The van der Waals surface area contributed by atoms with E-state index >= 15 is 0 Å². The molecule has 0 saturated heterocycles. The normalized spacial score (nSPS) is 13.8. The van der Waals surface area contributed by atoms with Crippen LogP contribution in [0.3, 0.4) is 0 Å². The number of primary amides is 1. The summed E-state index contributed by atoms with van der Waals surface area (Å²) in [4.78, 5) is 48.8. The third-order valence-corrected chi connectivity index (χ3v) is 8.55. The summed E-state index contributed by atoms with van der Waals surface area (Å²) in [5, 5.41) is 2.71. The Balaban J connectivity index is 1.15. The van der Waals surface area contributed by atoms with Crippen LogP contribution in [0.1, 0.15) is 23.1 Å². The maximum Gasteiger partial charge on any atom is 0.414 e. The van der Waals surface area contributed by atoms with Crippen molar-refractivity contribution in [3.63, 3.8) is 0 Å². The van der Waals surface area contributed by atoms with Crippen LogP contribution in [0.4, 0.5) is 21.9 Å². The van der Waals surface area contributed by atoms with Crippen LogP contribution in [-0.2, 0) is 33.9 Å². The van der Waals surface area contributed by atoms with Crippen LogP contribution in [0.25, 0.3) is 0 Å². The summed E-state index contributed by atoms with van der Waals surface area (Å²) in [5.41, 5.74) is 11.0. The van der Waals surface area contributed by atoms with E-state index in [4.69, 9.17) is 24.9 Å². The lowest BCUT2D eigenvalue weighted by molar-refractivity contribution is -0.134. The SMILES string of the molecule is CN(C)c1ccccc1OC(=O)CN1Cc2ccc(OCCC(C(N)=O)N3CCc4ccccc43)cc2N=C1NC(=O)OCc1ccccc1. The van der Waals surface area contributed by atoms with Crippen LogP contribution < -0.4 is 30.3 Å². The number of carbonyl (C=O) groups excluding carboxylic acids is 3. The lowest BCUT2D eigenvalue weighted by Gasteiger charge is -2.30. The van der Waals surface area contributed by atoms with Gasteiger partial charge in [-0.15, -0.1) is 0 Å². The first kappa shape index (κ1) is 33.8. The Labute approximate surface area is 291 Å². The fraction of sp³-hybridized carbons (Fsp3) is 0.263. The van der Waals surface area contributed by atoms with E-state index in [1.165, 1.54) is 5.56 Å². The zero-order chi connectivity index (χ0) is 35.0. The number of esters is 1. The van der Waals surface area contributed by atoms with E-state index in [1.807, 2.05) is 96.7 Å². The number of nitrogens with one attached hydrogen (secondary N) is 1. The van der Waals surface area contributed by atoms with Crippen molar-refractivity contribution in [2.24, 2.45) is 10.7 Å². The van der Waals surface area contributed by atoms with Gasteiger partial charge in [0.25, 0.3) is 0 Å². The summed E-state index contributed by atoms with van der Waals surface area (Å²) in [5.74, 6) is 0.158. The third kappa shape index (κ3) is 8.15. The number of para-hydroxylation sites is 3. The molecule has 0 spiro atoms. The van der Waals surface area contributed by atoms with Gasteiger partial charge < -0.3 is 34.6 Å². The van der Waals surface area contributed by atoms with Gasteiger partial charge in [0.05, 0.1) is 18.0 Å². The van der Waals surface area contributed by atoms with Gasteiger partial charge in [-0.25, -0.2) is 14.6 Å². The number of hydrogen-bond donors (Lipinski definition) is 2. The van der Waals surface area contributed by atoms with Crippen LogP contribution in [0.2, 0.25) is 0 Å². The van der Waals surface area contributed by atoms with Gasteiger partial charge in [0.15, 0.2) is 5.75 Å². The van der Waals surface area contributed by atoms with Crippen molar-refractivity contribution >= 4 is 41.0 Å². The molecule has 2 aliphatic heterocycles. The predicted octanol–water partition coefficient (Wildman–Crippen LogP) is 4.77. The number of ether oxygens (including phenoxy) is 3. The first-order valence-electron chi connectivity index (χ1n) is 16.4. The van der Waals surface area contributed by atoms with Gasteiger partial charge in [0, 0.05) is 45.4 Å². The number of nitrogens with two attached hydrogens (primary N) is 1. The molecule has 12 heteroatoms. The molecule has 12 nitrogen and oxygen atoms in total. The number of nitrogens with zero attached hydrogens (tertiary/aromatic N) is 4. The van der Waals surface area contributed by atoms with Crippen LogP contribution >= 0.6 is 0 Å². The highest BCUT2D eigenvalue weighted by molar-refractivity contribution is 5.98. The molecule has 4 aromatic rings. The van der Waals surface area contributed by atoms with Crippen molar-refractivity contribution in [2.75, 3.05) is 43.6 Å². The van der Waals surface area contributed by atoms with E-state index in [1.54, 1.807) is 23.1 Å². The molecule has 0 bridgehead atoms. The first-order chi connectivity index (χ1) is 24.2. The molecule has 0 radical (unpaired) electrons. The molecule has 0 aliphatic carbocycles. The van der Waals surface area contributed by atoms with Gasteiger partial charge in [-0.3, -0.25) is 10.1 Å². The number of amides is 2. The molecule has 1 unspecified atom stereocenters. The summed E-state index contributed by atoms with van der Waals surface area (Å²) in [6.07, 6.45) is 0.537. The third-order valence-electron chi connectivity index (χ3n) is 8.55. The number of rotatable bonds is 12. The average molecular weight is 677 g/mol. The van der Waals surface area contributed by atoms with E-state index in [9.17, 15) is 14.4 Å². The molecule has 50 heavy (non-hydrogen) atoms. The maximum atomic E-state index is 13.2. The first-order valence-corrected chi connectivity index (χ1v) is 16.4. The van der Waals surface area contributed by atoms with Gasteiger partial charge in [-0.2, -0.15) is 0 Å². The Kier molecular flexibility index (Phi) is 10.5. The zero-order valence-corrected chi connectivity index (χ0v) is 28.1. The molecule has 2 amide bonds. The quantitative estimate of drug-likeness (QED) is 0.160. The molecule has 0 fully saturated rings. The molecule has 2 aliphatic rings. The zero-order valence-electron chi connectivity index (χ0n) is 28.1. The van der Waals surface area contributed by atoms with Crippen molar-refractivity contribution in [3.8, 4) is 11.5 Å². The maximum absolute atomic E-state index is 13.2. The minimum atomic E-state index is -0.722. The highest BCUT2D eigenvalue weighted by atomic mass is 16.5. The Bertz CT molecular complexity index is 1880. The fourth-order valence-electron chi connectivity index (χ4n) is 6.08. The fourth-order valence-corrected chi connectivity index (χ4v) is 6.08. The predicted molar refractivity (Wildman–Crippen MR) is 191 cm³/mol. The number of carbonyl (C=O) groups is 3. The molecule has 0 saturated carbocycles. The number of hydrogen-bond acceptors (Lipinski definition) is 10. The number of aliphatic imine (C=N–C) groups is 1. The highest BCUT2D eigenvalue weighted by Gasteiger charge is 2.30. The molecule has 0 aromatic heterocycles. The van der Waals surface area contributed by atoms with Crippen molar-refractivity contribution in [3.05, 3.63) is 114 Å². The van der Waals surface area contributed by atoms with Crippen molar-refractivity contribution in [1.82, 2.24) is 10.2 Å². The molecule has 258 valence electrons. The van der Waals surface area contributed by atoms with E-state index in [2.05, 4.69) is 11.4 Å². The Hall–Kier alpha value is -6.04. The minimum absolute atomic E-state index is 0.0627. The van der Waals surface area contributed by atoms with Gasteiger partial charge in [0.1, 0.15) is 24.9 Å². The lowest BCUT2D eigenvalue weighted by Crippen LogP contribution is -2.47. The second-order valence-electron chi connectivity index (χ2n) is 12.2. The molecule has 3 N–H and O–H groups in total. The topological polar surface area (TPSA) is 139 Å². The monoisotopic (exact) mass is 676 g/mol. The molecule has 4 aromatic carbocycles. The number of fused-ring (bicyclic) bond motifs is 2. The average Bonchev–Trinajstić information content (AvgIpc) is 3.53. The smallest absolute Gasteiger partial charge is 0.414 e. The van der Waals surface area contributed by atoms with Crippen molar-refractivity contribution in [1.29, 1.82) is 0 Å². The molecular weight excluding hydrogens is 636 g/mol. The summed E-state index contributed by atoms with van der Waals surface area (Å²) < 4.78 is 17.3. The summed E-state index contributed by atoms with van der Waals surface area (Å²) in [6, 6.07) is 29.5. The van der Waals surface area contributed by atoms with Crippen LogP contribution in [0, 0.1) is 0 Å². The second-order valence-corrected chi connectivity index (χ2v) is 12.2. The van der Waals surface area contributed by atoms with E-state index in [-0.39, 0.29) is 32.3 Å². The largest absolute Gasteiger partial charge is 0.493 e. The number of benzene rings is 4. The highest BCUT2D eigenvalue weighted by Crippen LogP contribution is 2.32. The van der Waals surface area contributed by atoms with Gasteiger partial charge in [0.2, 0.25) is 11.9 Å². The van der Waals surface area contributed by atoms with Crippen LogP contribution in [0.5, 0.6) is 11.5 Å². The van der Waals surface area contributed by atoms with Gasteiger partial charge in [-0.1, -0.05) is 66.7 Å². The van der Waals surface area contributed by atoms with E-state index in [0.717, 1.165) is 35.5 Å². The van der Waals surface area contributed by atoms with Gasteiger partial charge >= 0.3 is 12.1 Å². The summed E-state index contributed by atoms with van der Waals surface area (Å²) >= 11 is 0. The lowest BCUT2D eigenvalue weighted by atomic mass is 10.1. The van der Waals surface area contributed by atoms with Crippen LogP contribution in [0.15, 0.2) is 102 Å². The summed E-state index contributed by atoms with van der Waals surface area (Å²) in [7, 11) is 3.73. The van der Waals surface area contributed by atoms with E-state index in [0.29, 0.717) is 23.6 Å². The molecule has 2 heterocycles. The molecule has 6 rings (SSSR count). The Morgan fingerprint density at radius 3 is 2.50 bits per heavy atom. The number of guanidine groups is 1. The van der Waals surface area contributed by atoms with Gasteiger partial charge in [-0.05, 0) is 47.4 Å². The minimum Gasteiger partial charge on any atom is -0.493 e. The second kappa shape index (κ2) is 15.5. The van der Waals surface area contributed by atoms with E-state index < -0.39 is 24.0 Å². The Morgan fingerprint density at radius 1 is 0.940 bits per heavy atom. The molecule has 1 atom stereocenters. The standard InChI is InChI=1S/C38H40N6O6/c1-42(2)32-14-8-9-15-34(32)50-35(45)24-43-23-28-16-17-29(22-30(28)40-37(43)41-38(47)49-25-26-10-4-3-5-11-26)48-21-19-33(36(39)46)44-20-18-27-12-6-7-13-31(27)44/h3-17,22,33H,18-21,23-25H2,1-2H3,(H2,39,46)(H,40,41,47). The number of anilines is 2. The Morgan fingerprint density at radius 2 is 1.70 bits per heavy atom. The number of alkyl carbamates (subject to hydrolysis) is 1. The van der Waals surface area contributed by atoms with Crippen molar-refractivity contribution < 1.29 is 28.6 Å².